The number of halogens is 1. The van der Waals surface area contributed by atoms with Gasteiger partial charge in [-0.2, -0.15) is 0 Å². The first-order chi connectivity index (χ1) is 8.45. The van der Waals surface area contributed by atoms with Crippen molar-refractivity contribution in [3.8, 4) is 0 Å². The first-order valence-corrected chi connectivity index (χ1v) is 5.45. The predicted octanol–water partition coefficient (Wildman–Crippen LogP) is -0.00510. The van der Waals surface area contributed by atoms with Gasteiger partial charge in [0.05, 0.1) is 0 Å². The Bertz CT molecular complexity index is 460. The molecule has 0 aliphatic rings. The number of carbonyl (C=O) groups excluding carboxylic acids is 1. The molecule has 0 bridgehead atoms. The fourth-order valence-electron chi connectivity index (χ4n) is 0.840. The van der Waals surface area contributed by atoms with Crippen LogP contribution in [-0.2, 0) is 0 Å². The van der Waals surface area contributed by atoms with Crippen LogP contribution in [0.4, 0.5) is 11.6 Å². The van der Waals surface area contributed by atoms with Crippen molar-refractivity contribution in [2.24, 2.45) is 10.7 Å². The van der Waals surface area contributed by atoms with E-state index in [0.29, 0.717) is 0 Å². The van der Waals surface area contributed by atoms with Crippen molar-refractivity contribution >= 4 is 35.1 Å². The molecule has 0 saturated heterocycles. The highest BCUT2D eigenvalue weighted by Gasteiger charge is 2.16. The van der Waals surface area contributed by atoms with Gasteiger partial charge < -0.3 is 17.2 Å². The number of aromatic nitrogens is 2. The number of carbonyl (C=O) groups is 1. The lowest BCUT2D eigenvalue weighted by Crippen LogP contribution is -2.37. The van der Waals surface area contributed by atoms with Crippen LogP contribution >= 0.6 is 11.6 Å². The number of hydrogen-bond acceptors (Lipinski definition) is 6. The van der Waals surface area contributed by atoms with Crippen LogP contribution in [0.25, 0.3) is 0 Å². The Hall–Kier alpha value is -2.09. The second-order valence-electron chi connectivity index (χ2n) is 2.70. The number of hydrogen-bond donors (Lipinski definition) is 4. The van der Waals surface area contributed by atoms with Crippen LogP contribution < -0.4 is 22.5 Å². The Kier molecular flexibility index (Phi) is 6.43. The highest BCUT2D eigenvalue weighted by molar-refractivity contribution is 6.31. The Morgan fingerprint density at radius 1 is 1.28 bits per heavy atom. The van der Waals surface area contributed by atoms with Gasteiger partial charge in [-0.15, -0.1) is 0 Å². The number of nitrogen functional groups attached to an aromatic ring is 2. The van der Waals surface area contributed by atoms with E-state index in [2.05, 4.69) is 20.3 Å². The smallest absolute Gasteiger partial charge is 0.280 e. The molecular formula is C9H16ClN7O. The highest BCUT2D eigenvalue weighted by atomic mass is 35.5. The van der Waals surface area contributed by atoms with E-state index in [1.54, 1.807) is 0 Å². The summed E-state index contributed by atoms with van der Waals surface area (Å²) >= 11 is 5.60. The molecule has 1 aromatic rings. The third-order valence-corrected chi connectivity index (χ3v) is 1.88. The lowest BCUT2D eigenvalue weighted by atomic mass is 10.4. The molecule has 1 aromatic heterocycles. The Balaban J connectivity index is 0.00000137. The fourth-order valence-corrected chi connectivity index (χ4v) is 0.967. The van der Waals surface area contributed by atoms with E-state index >= 15 is 0 Å². The van der Waals surface area contributed by atoms with Gasteiger partial charge in [0.15, 0.2) is 28.4 Å². The molecule has 100 valence electrons. The molecule has 1 amide bonds. The van der Waals surface area contributed by atoms with E-state index in [1.807, 2.05) is 13.8 Å². The average molecular weight is 274 g/mol. The molecule has 0 fully saturated rings. The fraction of sp³-hybridized carbons (Fsp3) is 0.333. The molecule has 0 atom stereocenters. The summed E-state index contributed by atoms with van der Waals surface area (Å²) in [6.07, 6.45) is 0. The predicted molar refractivity (Wildman–Crippen MR) is 72.2 cm³/mol. The SMILES string of the molecule is CC.CN=C(N)NC(=O)c1nc(Cl)c(N)nc1N. The van der Waals surface area contributed by atoms with Gasteiger partial charge in [-0.3, -0.25) is 15.1 Å². The first kappa shape index (κ1) is 15.9. The number of guanidine groups is 1. The van der Waals surface area contributed by atoms with Gasteiger partial charge in [0.2, 0.25) is 0 Å². The Morgan fingerprint density at radius 2 is 1.83 bits per heavy atom. The van der Waals surface area contributed by atoms with Gasteiger partial charge in [0.1, 0.15) is 0 Å². The molecule has 0 aromatic carbocycles. The largest absolute Gasteiger partial charge is 0.382 e. The van der Waals surface area contributed by atoms with E-state index in [-0.39, 0.29) is 28.4 Å². The number of anilines is 2. The third kappa shape index (κ3) is 4.06. The maximum atomic E-state index is 11.5. The minimum atomic E-state index is -0.657. The van der Waals surface area contributed by atoms with E-state index in [9.17, 15) is 4.79 Å². The van der Waals surface area contributed by atoms with Crippen LogP contribution in [0, 0.1) is 0 Å². The highest BCUT2D eigenvalue weighted by Crippen LogP contribution is 2.16. The number of amides is 1. The number of nitrogens with two attached hydrogens (primary N) is 3. The van der Waals surface area contributed by atoms with E-state index in [1.165, 1.54) is 7.05 Å². The number of aliphatic imine (C=N–C) groups is 1. The summed E-state index contributed by atoms with van der Waals surface area (Å²) in [5, 5.41) is 2.14. The van der Waals surface area contributed by atoms with Crippen molar-refractivity contribution in [1.29, 1.82) is 0 Å². The molecule has 0 saturated carbocycles. The monoisotopic (exact) mass is 273 g/mol. The van der Waals surface area contributed by atoms with Gasteiger partial charge >= 0.3 is 0 Å². The zero-order valence-electron chi connectivity index (χ0n) is 10.4. The maximum Gasteiger partial charge on any atom is 0.280 e. The summed E-state index contributed by atoms with van der Waals surface area (Å²) in [5.74, 6) is -0.912. The molecule has 7 N–H and O–H groups in total. The molecular weight excluding hydrogens is 258 g/mol. The lowest BCUT2D eigenvalue weighted by molar-refractivity contribution is 0.0972. The van der Waals surface area contributed by atoms with Crippen LogP contribution in [0.5, 0.6) is 0 Å². The quantitative estimate of drug-likeness (QED) is 0.418. The summed E-state index contributed by atoms with van der Waals surface area (Å²) < 4.78 is 0. The van der Waals surface area contributed by atoms with Gasteiger partial charge in [-0.1, -0.05) is 25.4 Å². The van der Waals surface area contributed by atoms with Crippen LogP contribution in [-0.4, -0.2) is 28.9 Å². The van der Waals surface area contributed by atoms with Crippen molar-refractivity contribution in [2.45, 2.75) is 13.8 Å². The molecule has 0 aliphatic heterocycles. The second kappa shape index (κ2) is 7.28. The zero-order valence-corrected chi connectivity index (χ0v) is 11.1. The van der Waals surface area contributed by atoms with E-state index in [0.717, 1.165) is 0 Å². The second-order valence-corrected chi connectivity index (χ2v) is 3.05. The van der Waals surface area contributed by atoms with E-state index < -0.39 is 5.91 Å². The van der Waals surface area contributed by atoms with Gasteiger partial charge in [-0.05, 0) is 0 Å². The minimum absolute atomic E-state index is 0.0483. The number of nitrogens with one attached hydrogen (secondary N) is 1. The van der Waals surface area contributed by atoms with Gasteiger partial charge in [0.25, 0.3) is 5.91 Å². The summed E-state index contributed by atoms with van der Waals surface area (Å²) in [5.41, 5.74) is 15.9. The zero-order chi connectivity index (χ0) is 14.3. The number of nitrogens with zero attached hydrogens (tertiary/aromatic N) is 3. The first-order valence-electron chi connectivity index (χ1n) is 5.07. The molecule has 0 spiro atoms. The normalized spacial score (nSPS) is 10.3. The molecule has 0 aliphatic carbocycles. The number of rotatable bonds is 1. The molecule has 9 heteroatoms. The molecule has 1 heterocycles. The Labute approximate surface area is 110 Å². The Morgan fingerprint density at radius 3 is 2.33 bits per heavy atom. The topological polar surface area (TPSA) is 145 Å². The molecule has 0 unspecified atom stereocenters. The van der Waals surface area contributed by atoms with Crippen molar-refractivity contribution in [1.82, 2.24) is 15.3 Å². The minimum Gasteiger partial charge on any atom is -0.382 e. The third-order valence-electron chi connectivity index (χ3n) is 1.60. The van der Waals surface area contributed by atoms with Gasteiger partial charge in [0, 0.05) is 7.05 Å². The van der Waals surface area contributed by atoms with Crippen molar-refractivity contribution in [3.63, 3.8) is 0 Å². The average Bonchev–Trinajstić information content (AvgIpc) is 2.35. The van der Waals surface area contributed by atoms with Crippen molar-refractivity contribution in [2.75, 3.05) is 18.5 Å². The maximum absolute atomic E-state index is 11.5. The molecule has 18 heavy (non-hydrogen) atoms. The van der Waals surface area contributed by atoms with Crippen molar-refractivity contribution in [3.05, 3.63) is 10.8 Å². The lowest BCUT2D eigenvalue weighted by Gasteiger charge is -2.06. The molecule has 1 rings (SSSR count). The summed E-state index contributed by atoms with van der Waals surface area (Å²) in [6.45, 7) is 4.00. The molecule has 8 nitrogen and oxygen atoms in total. The van der Waals surface area contributed by atoms with Crippen LogP contribution in [0.3, 0.4) is 0 Å². The standard InChI is InChI=1S/C7H10ClN7O.C2H6/c1-12-7(11)15-6(16)2-4(9)14-5(10)3(8)13-2;1-2/h1H3,(H4,9,10,14)(H3,11,12,15,16);1-2H3. The van der Waals surface area contributed by atoms with Gasteiger partial charge in [-0.25, -0.2) is 9.97 Å². The van der Waals surface area contributed by atoms with Crippen LogP contribution in [0.15, 0.2) is 4.99 Å². The molecule has 0 radical (unpaired) electrons. The van der Waals surface area contributed by atoms with E-state index in [4.69, 9.17) is 28.8 Å². The summed E-state index contributed by atoms with van der Waals surface area (Å²) in [7, 11) is 1.42. The van der Waals surface area contributed by atoms with Crippen LogP contribution in [0.2, 0.25) is 5.15 Å². The van der Waals surface area contributed by atoms with Crippen LogP contribution in [0.1, 0.15) is 24.3 Å². The summed E-state index contributed by atoms with van der Waals surface area (Å²) in [6, 6.07) is 0. The summed E-state index contributed by atoms with van der Waals surface area (Å²) in [4.78, 5) is 22.4. The van der Waals surface area contributed by atoms with Crippen molar-refractivity contribution < 1.29 is 4.79 Å².